The number of rotatable bonds is 4. The Morgan fingerprint density at radius 1 is 1.31 bits per heavy atom. The first-order chi connectivity index (χ1) is 12.6. The van der Waals surface area contributed by atoms with Crippen molar-refractivity contribution in [3.05, 3.63) is 11.0 Å². The Bertz CT molecular complexity index is 870. The molecule has 1 aliphatic heterocycles. The van der Waals surface area contributed by atoms with E-state index in [4.69, 9.17) is 16.8 Å². The maximum absolute atomic E-state index is 14.7. The third-order valence-corrected chi connectivity index (χ3v) is 5.82. The van der Waals surface area contributed by atoms with E-state index in [1.807, 2.05) is 11.7 Å². The molecule has 10 heteroatoms. The minimum absolute atomic E-state index is 0.0994. The van der Waals surface area contributed by atoms with Crippen LogP contribution < -0.4 is 10.4 Å². The van der Waals surface area contributed by atoms with Gasteiger partial charge in [0.2, 0.25) is 0 Å². The number of halogens is 2. The van der Waals surface area contributed by atoms with E-state index in [2.05, 4.69) is 24.8 Å². The highest BCUT2D eigenvalue weighted by molar-refractivity contribution is 7.98. The number of aromatic nitrogens is 3. The Hall–Kier alpha value is -1.71. The zero-order valence-corrected chi connectivity index (χ0v) is 15.7. The van der Waals surface area contributed by atoms with E-state index in [1.54, 1.807) is 0 Å². The Labute approximate surface area is 159 Å². The summed E-state index contributed by atoms with van der Waals surface area (Å²) in [5, 5.41) is 9.40. The zero-order valence-electron chi connectivity index (χ0n) is 14.1. The van der Waals surface area contributed by atoms with Crippen molar-refractivity contribution in [1.82, 2.24) is 20.4 Å². The number of fused-ring (bicyclic) bond motifs is 3. The van der Waals surface area contributed by atoms with Crippen molar-refractivity contribution in [2.75, 3.05) is 24.2 Å². The van der Waals surface area contributed by atoms with Crippen LogP contribution in [-0.2, 0) is 0 Å². The molecule has 0 spiro atoms. The molecule has 2 aliphatic rings. The van der Waals surface area contributed by atoms with Gasteiger partial charge in [-0.05, 0) is 37.4 Å². The van der Waals surface area contributed by atoms with Crippen molar-refractivity contribution in [2.45, 2.75) is 24.4 Å². The van der Waals surface area contributed by atoms with Crippen LogP contribution in [0.4, 0.5) is 16.0 Å². The van der Waals surface area contributed by atoms with Crippen molar-refractivity contribution in [3.63, 3.8) is 0 Å². The molecule has 0 amide bonds. The van der Waals surface area contributed by atoms with Gasteiger partial charge in [0.1, 0.15) is 17.7 Å². The minimum Gasteiger partial charge on any atom is -0.355 e. The summed E-state index contributed by atoms with van der Waals surface area (Å²) in [6.45, 7) is 1.75. The van der Waals surface area contributed by atoms with Crippen LogP contribution in [0.5, 0.6) is 0 Å². The fraction of sp³-hybridized carbons (Fsp3) is 0.500. The van der Waals surface area contributed by atoms with Gasteiger partial charge in [0.25, 0.3) is 0 Å². The van der Waals surface area contributed by atoms with Crippen LogP contribution in [0.2, 0.25) is 5.15 Å². The number of aliphatic imine (C=N–C) groups is 1. The molecule has 2 unspecified atom stereocenters. The minimum atomic E-state index is -0.684. The van der Waals surface area contributed by atoms with E-state index in [0.717, 1.165) is 19.4 Å². The van der Waals surface area contributed by atoms with Gasteiger partial charge in [-0.3, -0.25) is 10.7 Å². The average molecular weight is 397 g/mol. The van der Waals surface area contributed by atoms with Crippen LogP contribution in [0.15, 0.2) is 10.1 Å². The molecule has 2 aromatic heterocycles. The third-order valence-electron chi connectivity index (χ3n) is 5.02. The van der Waals surface area contributed by atoms with Crippen molar-refractivity contribution in [1.29, 1.82) is 0 Å². The quantitative estimate of drug-likeness (QED) is 0.204. The Kier molecular flexibility index (Phi) is 4.85. The van der Waals surface area contributed by atoms with Crippen LogP contribution in [0.1, 0.15) is 19.3 Å². The third kappa shape index (κ3) is 3.08. The van der Waals surface area contributed by atoms with Gasteiger partial charge in [0.15, 0.2) is 21.9 Å². The molecule has 2 aromatic rings. The largest absolute Gasteiger partial charge is 0.355 e. The number of nitrogens with zero attached hydrogens (tertiary/aromatic N) is 5. The second-order valence-electron chi connectivity index (χ2n) is 6.64. The molecule has 2 fully saturated rings. The molecule has 4 rings (SSSR count). The number of hydrogen-bond acceptors (Lipinski definition) is 7. The summed E-state index contributed by atoms with van der Waals surface area (Å²) >= 11 is 7.29. The van der Waals surface area contributed by atoms with Crippen molar-refractivity contribution in [2.24, 2.45) is 16.8 Å². The highest BCUT2D eigenvalue weighted by Gasteiger charge is 2.35. The van der Waals surface area contributed by atoms with Gasteiger partial charge in [0.05, 0.1) is 5.39 Å². The second kappa shape index (κ2) is 7.13. The lowest BCUT2D eigenvalue weighted by molar-refractivity contribution is 0.240. The highest BCUT2D eigenvalue weighted by Crippen LogP contribution is 2.42. The van der Waals surface area contributed by atoms with Gasteiger partial charge in [-0.15, -0.1) is 0 Å². The predicted molar refractivity (Wildman–Crippen MR) is 100 cm³/mol. The topological polar surface area (TPSA) is 86.5 Å². The second-order valence-corrected chi connectivity index (χ2v) is 7.77. The van der Waals surface area contributed by atoms with Gasteiger partial charge in [-0.2, -0.15) is 0 Å². The lowest BCUT2D eigenvalue weighted by Crippen LogP contribution is -2.37. The number of anilines is 1. The first-order valence-electron chi connectivity index (χ1n) is 8.38. The standard InChI is InChI=1S/C16H18ClFN6OS/c1-26-16-21-12-10(14(19-7-20-25)22-13(17)11(12)18)15(23-16)24-5-8-2-3-9(4-8)6-24/h7-9,25H,2-6H2,1H3,(H,19,20,22). The summed E-state index contributed by atoms with van der Waals surface area (Å²) in [5.74, 6) is 1.38. The molecular formula is C16H18ClFN6OS. The SMILES string of the molecule is CSc1nc(N2CC3CCC(C3)C2)c2c(N=CNO)nc(Cl)c(F)c2n1. The molecule has 1 aliphatic carbocycles. The number of thioether (sulfide) groups is 1. The molecule has 2 N–H and O–H groups in total. The first kappa shape index (κ1) is 17.7. The highest BCUT2D eigenvalue weighted by atomic mass is 35.5. The summed E-state index contributed by atoms with van der Waals surface area (Å²) in [5.41, 5.74) is 1.93. The maximum Gasteiger partial charge on any atom is 0.189 e. The predicted octanol–water partition coefficient (Wildman–Crippen LogP) is 3.41. The van der Waals surface area contributed by atoms with E-state index in [0.29, 0.717) is 28.2 Å². The summed E-state index contributed by atoms with van der Waals surface area (Å²) < 4.78 is 14.7. The number of hydroxylamine groups is 1. The summed E-state index contributed by atoms with van der Waals surface area (Å²) in [6.07, 6.45) is 6.59. The van der Waals surface area contributed by atoms with E-state index >= 15 is 0 Å². The normalized spacial score (nSPS) is 22.5. The lowest BCUT2D eigenvalue weighted by atomic mass is 9.98. The van der Waals surface area contributed by atoms with Crippen LogP contribution in [0.3, 0.4) is 0 Å². The lowest BCUT2D eigenvalue weighted by Gasteiger charge is -2.33. The van der Waals surface area contributed by atoms with Crippen LogP contribution in [-0.4, -0.2) is 45.8 Å². The molecule has 138 valence electrons. The Balaban J connectivity index is 1.94. The molecule has 2 bridgehead atoms. The van der Waals surface area contributed by atoms with Gasteiger partial charge >= 0.3 is 0 Å². The van der Waals surface area contributed by atoms with Gasteiger partial charge in [-0.1, -0.05) is 23.4 Å². The zero-order chi connectivity index (χ0) is 18.3. The van der Waals surface area contributed by atoms with Gasteiger partial charge in [-0.25, -0.2) is 24.3 Å². The van der Waals surface area contributed by atoms with E-state index in [1.165, 1.54) is 31.0 Å². The van der Waals surface area contributed by atoms with Gasteiger partial charge < -0.3 is 4.90 Å². The first-order valence-corrected chi connectivity index (χ1v) is 9.98. The Morgan fingerprint density at radius 2 is 2.04 bits per heavy atom. The fourth-order valence-electron chi connectivity index (χ4n) is 3.97. The van der Waals surface area contributed by atoms with Crippen molar-refractivity contribution >= 4 is 52.2 Å². The molecule has 0 aromatic carbocycles. The molecule has 7 nitrogen and oxygen atoms in total. The van der Waals surface area contributed by atoms with Crippen LogP contribution >= 0.6 is 23.4 Å². The summed E-state index contributed by atoms with van der Waals surface area (Å²) in [7, 11) is 0. The molecule has 26 heavy (non-hydrogen) atoms. The molecule has 3 heterocycles. The van der Waals surface area contributed by atoms with Crippen LogP contribution in [0, 0.1) is 17.7 Å². The number of pyridine rings is 1. The van der Waals surface area contributed by atoms with Crippen molar-refractivity contribution in [3.8, 4) is 0 Å². The molecule has 1 saturated heterocycles. The van der Waals surface area contributed by atoms with E-state index < -0.39 is 5.82 Å². The van der Waals surface area contributed by atoms with Gasteiger partial charge in [0, 0.05) is 13.1 Å². The molecular weight excluding hydrogens is 379 g/mol. The Morgan fingerprint density at radius 3 is 2.69 bits per heavy atom. The van der Waals surface area contributed by atoms with Crippen LogP contribution in [0.25, 0.3) is 10.9 Å². The van der Waals surface area contributed by atoms with E-state index in [9.17, 15) is 4.39 Å². The summed E-state index contributed by atoms with van der Waals surface area (Å²) in [6, 6.07) is 0. The maximum atomic E-state index is 14.7. The fourth-order valence-corrected chi connectivity index (χ4v) is 4.50. The molecule has 1 saturated carbocycles. The molecule has 2 atom stereocenters. The smallest absolute Gasteiger partial charge is 0.189 e. The monoisotopic (exact) mass is 396 g/mol. The molecule has 0 radical (unpaired) electrons. The number of nitrogens with one attached hydrogen (secondary N) is 1. The van der Waals surface area contributed by atoms with Crippen molar-refractivity contribution < 1.29 is 9.60 Å². The van der Waals surface area contributed by atoms with E-state index in [-0.39, 0.29) is 16.5 Å². The number of hydrogen-bond donors (Lipinski definition) is 2. The number of piperidine rings is 1. The summed E-state index contributed by atoms with van der Waals surface area (Å²) in [4.78, 5) is 19.2. The average Bonchev–Trinajstić information content (AvgIpc) is 3.00.